The van der Waals surface area contributed by atoms with E-state index in [1.165, 1.54) is 0 Å². The van der Waals surface area contributed by atoms with E-state index in [9.17, 15) is 9.59 Å². The zero-order valence-corrected chi connectivity index (χ0v) is 14.5. The molecule has 5 nitrogen and oxygen atoms in total. The minimum atomic E-state index is -0.478. The molecular weight excluding hydrogens is 306 g/mol. The highest BCUT2D eigenvalue weighted by Crippen LogP contribution is 2.34. The van der Waals surface area contributed by atoms with Crippen molar-refractivity contribution in [3.63, 3.8) is 0 Å². The van der Waals surface area contributed by atoms with E-state index in [4.69, 9.17) is 9.47 Å². The molecule has 128 valence electrons. The third-order valence-corrected chi connectivity index (χ3v) is 3.63. The Labute approximate surface area is 142 Å². The Morgan fingerprint density at radius 2 is 1.58 bits per heavy atom. The second-order valence-electron chi connectivity index (χ2n) is 5.63. The van der Waals surface area contributed by atoms with Crippen LogP contribution in [-0.4, -0.2) is 30.1 Å². The van der Waals surface area contributed by atoms with Crippen LogP contribution < -0.4 is 0 Å². The lowest BCUT2D eigenvalue weighted by atomic mass is 9.97. The fraction of sp³-hybridized carbons (Fsp3) is 0.368. The molecule has 0 fully saturated rings. The summed E-state index contributed by atoms with van der Waals surface area (Å²) in [6.07, 6.45) is 0. The highest BCUT2D eigenvalue weighted by atomic mass is 16.5. The predicted molar refractivity (Wildman–Crippen MR) is 92.2 cm³/mol. The van der Waals surface area contributed by atoms with E-state index in [1.54, 1.807) is 13.8 Å². The van der Waals surface area contributed by atoms with E-state index >= 15 is 0 Å². The Hall–Kier alpha value is -2.56. The molecule has 1 aromatic heterocycles. The van der Waals surface area contributed by atoms with Gasteiger partial charge in [0.1, 0.15) is 5.69 Å². The molecule has 0 aliphatic rings. The Kier molecular flexibility index (Phi) is 5.79. The third-order valence-electron chi connectivity index (χ3n) is 3.63. The third kappa shape index (κ3) is 3.50. The fourth-order valence-corrected chi connectivity index (χ4v) is 2.62. The van der Waals surface area contributed by atoms with Gasteiger partial charge in [-0.15, -0.1) is 0 Å². The van der Waals surface area contributed by atoms with Crippen LogP contribution in [0, 0.1) is 0 Å². The molecule has 0 bridgehead atoms. The lowest BCUT2D eigenvalue weighted by Crippen LogP contribution is -2.09. The summed E-state index contributed by atoms with van der Waals surface area (Å²) in [5.41, 5.74) is 2.68. The number of hydrogen-bond acceptors (Lipinski definition) is 4. The fourth-order valence-electron chi connectivity index (χ4n) is 2.62. The minimum absolute atomic E-state index is 0.0232. The monoisotopic (exact) mass is 329 g/mol. The largest absolute Gasteiger partial charge is 0.462 e. The van der Waals surface area contributed by atoms with E-state index in [0.29, 0.717) is 16.8 Å². The van der Waals surface area contributed by atoms with Gasteiger partial charge in [-0.25, -0.2) is 9.59 Å². The zero-order chi connectivity index (χ0) is 17.7. The number of rotatable bonds is 6. The number of carbonyl (C=O) groups excluding carboxylic acids is 2. The Morgan fingerprint density at radius 1 is 1.00 bits per heavy atom. The van der Waals surface area contributed by atoms with Gasteiger partial charge in [-0.3, -0.25) is 0 Å². The summed E-state index contributed by atoms with van der Waals surface area (Å²) in [5.74, 6) is -0.893. The van der Waals surface area contributed by atoms with Crippen molar-refractivity contribution >= 4 is 11.9 Å². The Balaban J connectivity index is 2.74. The average Bonchev–Trinajstić information content (AvgIpc) is 2.97. The first-order chi connectivity index (χ1) is 11.5. The minimum Gasteiger partial charge on any atom is -0.462 e. The maximum Gasteiger partial charge on any atom is 0.355 e. The van der Waals surface area contributed by atoms with Gasteiger partial charge in [-0.05, 0) is 25.3 Å². The first-order valence-electron chi connectivity index (χ1n) is 8.16. The Morgan fingerprint density at radius 3 is 2.12 bits per heavy atom. The van der Waals surface area contributed by atoms with Crippen molar-refractivity contribution < 1.29 is 19.1 Å². The van der Waals surface area contributed by atoms with Crippen LogP contribution in [0.4, 0.5) is 0 Å². The van der Waals surface area contributed by atoms with Gasteiger partial charge in [0.15, 0.2) is 0 Å². The normalized spacial score (nSPS) is 10.7. The van der Waals surface area contributed by atoms with Gasteiger partial charge < -0.3 is 14.5 Å². The summed E-state index contributed by atoms with van der Waals surface area (Å²) in [6, 6.07) is 9.33. The molecule has 2 aromatic rings. The van der Waals surface area contributed by atoms with Gasteiger partial charge in [-0.2, -0.15) is 0 Å². The van der Waals surface area contributed by atoms with Crippen molar-refractivity contribution in [2.45, 2.75) is 33.6 Å². The lowest BCUT2D eigenvalue weighted by Gasteiger charge is -2.09. The summed E-state index contributed by atoms with van der Waals surface area (Å²) in [5, 5.41) is 0. The summed E-state index contributed by atoms with van der Waals surface area (Å²) < 4.78 is 10.4. The molecule has 0 amide bonds. The molecule has 0 atom stereocenters. The van der Waals surface area contributed by atoms with Gasteiger partial charge in [0.05, 0.1) is 18.8 Å². The van der Waals surface area contributed by atoms with Crippen molar-refractivity contribution in [3.8, 4) is 11.1 Å². The molecule has 0 saturated carbocycles. The van der Waals surface area contributed by atoms with E-state index in [-0.39, 0.29) is 24.8 Å². The molecule has 0 saturated heterocycles. The van der Waals surface area contributed by atoms with Gasteiger partial charge in [-0.1, -0.05) is 44.2 Å². The number of aromatic amines is 1. The quantitative estimate of drug-likeness (QED) is 0.808. The SMILES string of the molecule is CCOC(=O)c1[nH]c(C(C)C)c(C(=O)OCC)c1-c1ccccc1. The maximum atomic E-state index is 12.6. The van der Waals surface area contributed by atoms with Crippen molar-refractivity contribution in [2.24, 2.45) is 0 Å². The van der Waals surface area contributed by atoms with Gasteiger partial charge >= 0.3 is 11.9 Å². The molecule has 0 aliphatic carbocycles. The summed E-state index contributed by atoms with van der Waals surface area (Å²) in [7, 11) is 0. The number of esters is 2. The summed E-state index contributed by atoms with van der Waals surface area (Å²) in [4.78, 5) is 28.1. The molecule has 2 rings (SSSR count). The molecule has 0 unspecified atom stereocenters. The zero-order valence-electron chi connectivity index (χ0n) is 14.5. The number of carbonyl (C=O) groups is 2. The Bertz CT molecular complexity index is 716. The average molecular weight is 329 g/mol. The van der Waals surface area contributed by atoms with Crippen LogP contribution in [0.25, 0.3) is 11.1 Å². The first kappa shape index (κ1) is 17.8. The predicted octanol–water partition coefficient (Wildman–Crippen LogP) is 4.16. The van der Waals surface area contributed by atoms with Gasteiger partial charge in [0, 0.05) is 11.3 Å². The van der Waals surface area contributed by atoms with E-state index < -0.39 is 11.9 Å². The molecule has 0 radical (unpaired) electrons. The van der Waals surface area contributed by atoms with Crippen LogP contribution in [0.2, 0.25) is 0 Å². The van der Waals surface area contributed by atoms with Crippen LogP contribution in [0.5, 0.6) is 0 Å². The second-order valence-corrected chi connectivity index (χ2v) is 5.63. The maximum absolute atomic E-state index is 12.6. The smallest absolute Gasteiger partial charge is 0.355 e. The molecule has 0 aliphatic heterocycles. The molecule has 1 heterocycles. The number of benzene rings is 1. The molecule has 24 heavy (non-hydrogen) atoms. The van der Waals surface area contributed by atoms with Crippen LogP contribution in [0.15, 0.2) is 30.3 Å². The highest BCUT2D eigenvalue weighted by molar-refractivity contribution is 6.06. The van der Waals surface area contributed by atoms with Gasteiger partial charge in [0.25, 0.3) is 0 Å². The molecule has 0 spiro atoms. The van der Waals surface area contributed by atoms with Crippen LogP contribution in [0.1, 0.15) is 60.2 Å². The first-order valence-corrected chi connectivity index (χ1v) is 8.16. The number of nitrogens with one attached hydrogen (secondary N) is 1. The number of aromatic nitrogens is 1. The topological polar surface area (TPSA) is 68.4 Å². The highest BCUT2D eigenvalue weighted by Gasteiger charge is 2.29. The second kappa shape index (κ2) is 7.81. The van der Waals surface area contributed by atoms with E-state index in [1.807, 2.05) is 44.2 Å². The number of ether oxygens (including phenoxy) is 2. The van der Waals surface area contributed by atoms with Gasteiger partial charge in [0.2, 0.25) is 0 Å². The van der Waals surface area contributed by atoms with E-state index in [2.05, 4.69) is 4.98 Å². The molecular formula is C19H23NO4. The number of H-pyrrole nitrogens is 1. The van der Waals surface area contributed by atoms with Crippen LogP contribution in [-0.2, 0) is 9.47 Å². The van der Waals surface area contributed by atoms with Crippen LogP contribution in [0.3, 0.4) is 0 Å². The van der Waals surface area contributed by atoms with Crippen molar-refractivity contribution in [1.82, 2.24) is 4.98 Å². The van der Waals surface area contributed by atoms with E-state index in [0.717, 1.165) is 5.56 Å². The summed E-state index contributed by atoms with van der Waals surface area (Å²) in [6.45, 7) is 7.95. The standard InChI is InChI=1S/C19H23NO4/c1-5-23-18(21)15-14(13-10-8-7-9-11-13)17(19(22)24-6-2)20-16(15)12(3)4/h7-12,20H,5-6H2,1-4H3. The van der Waals surface area contributed by atoms with Crippen LogP contribution >= 0.6 is 0 Å². The molecule has 1 N–H and O–H groups in total. The molecule has 5 heteroatoms. The number of hydrogen-bond donors (Lipinski definition) is 1. The van der Waals surface area contributed by atoms with Crippen molar-refractivity contribution in [2.75, 3.05) is 13.2 Å². The summed E-state index contributed by atoms with van der Waals surface area (Å²) >= 11 is 0. The molecule has 1 aromatic carbocycles. The van der Waals surface area contributed by atoms with Crippen molar-refractivity contribution in [3.05, 3.63) is 47.3 Å². The van der Waals surface area contributed by atoms with Crippen molar-refractivity contribution in [1.29, 1.82) is 0 Å². The lowest BCUT2D eigenvalue weighted by molar-refractivity contribution is 0.0518.